The first kappa shape index (κ1) is 26.4. The van der Waals surface area contributed by atoms with Crippen LogP contribution in [-0.2, 0) is 13.9 Å². The summed E-state index contributed by atoms with van der Waals surface area (Å²) < 4.78 is 41.5. The van der Waals surface area contributed by atoms with Crippen molar-refractivity contribution in [2.24, 2.45) is 0 Å². The standard InChI is InChI=1S/C22H22Cl2FN4O6P/c1-33-17-9-16-13(22(27-11-26-16)28-15-3-2-14(23)20(24)21(15)25)8-18(17)35-12-4-6-29(7-5-12)19(30)10-34-36(31)32/h2-3,8-9,11-12,36H,4-7,10H2,1H3,(H,31,32)(H,26,27,28). The van der Waals surface area contributed by atoms with Crippen LogP contribution >= 0.6 is 31.5 Å². The largest absolute Gasteiger partial charge is 0.493 e. The summed E-state index contributed by atoms with van der Waals surface area (Å²) in [6.45, 7) is 0.372. The summed E-state index contributed by atoms with van der Waals surface area (Å²) in [5.74, 6) is 0.149. The third kappa shape index (κ3) is 5.99. The van der Waals surface area contributed by atoms with Crippen LogP contribution in [0.15, 0.2) is 30.6 Å². The summed E-state index contributed by atoms with van der Waals surface area (Å²) in [6, 6.07) is 6.33. The summed E-state index contributed by atoms with van der Waals surface area (Å²) in [6.07, 6.45) is 2.19. The van der Waals surface area contributed by atoms with Gasteiger partial charge in [0.05, 0.1) is 28.4 Å². The molecule has 1 atom stereocenters. The minimum absolute atomic E-state index is 0.0927. The van der Waals surface area contributed by atoms with Gasteiger partial charge in [0.25, 0.3) is 0 Å². The molecule has 10 nitrogen and oxygen atoms in total. The average Bonchev–Trinajstić information content (AvgIpc) is 2.88. The lowest BCUT2D eigenvalue weighted by atomic mass is 10.1. The maximum absolute atomic E-state index is 14.6. The number of aromatic nitrogens is 2. The van der Waals surface area contributed by atoms with Gasteiger partial charge in [0.15, 0.2) is 17.3 Å². The van der Waals surface area contributed by atoms with Crippen molar-refractivity contribution in [3.05, 3.63) is 46.5 Å². The Kier molecular flexibility index (Phi) is 8.48. The number of hydrogen-bond donors (Lipinski definition) is 2. The van der Waals surface area contributed by atoms with Gasteiger partial charge in [-0.15, -0.1) is 0 Å². The molecule has 14 heteroatoms. The van der Waals surface area contributed by atoms with Crippen molar-refractivity contribution in [3.8, 4) is 11.5 Å². The molecule has 36 heavy (non-hydrogen) atoms. The average molecular weight is 559 g/mol. The lowest BCUT2D eigenvalue weighted by molar-refractivity contribution is -0.135. The lowest BCUT2D eigenvalue weighted by Gasteiger charge is -2.32. The van der Waals surface area contributed by atoms with Crippen molar-refractivity contribution in [1.82, 2.24) is 14.9 Å². The summed E-state index contributed by atoms with van der Waals surface area (Å²) >= 11 is 11.8. The molecule has 3 aromatic rings. The van der Waals surface area contributed by atoms with E-state index < -0.39 is 20.7 Å². The number of amides is 1. The molecule has 1 fully saturated rings. The molecule has 0 radical (unpaired) electrons. The van der Waals surface area contributed by atoms with Crippen LogP contribution in [0.25, 0.3) is 10.9 Å². The quantitative estimate of drug-likeness (QED) is 0.301. The number of nitrogens with one attached hydrogen (secondary N) is 1. The second-order valence-electron chi connectivity index (χ2n) is 7.84. The molecular weight excluding hydrogens is 537 g/mol. The van der Waals surface area contributed by atoms with E-state index in [0.717, 1.165) is 0 Å². The van der Waals surface area contributed by atoms with Crippen molar-refractivity contribution in [1.29, 1.82) is 0 Å². The van der Waals surface area contributed by atoms with Gasteiger partial charge in [-0.05, 0) is 18.2 Å². The Morgan fingerprint density at radius 2 is 2.00 bits per heavy atom. The zero-order valence-electron chi connectivity index (χ0n) is 19.0. The molecule has 1 aliphatic heterocycles. The number of halogens is 3. The Bertz CT molecular complexity index is 1310. The van der Waals surface area contributed by atoms with Crippen LogP contribution in [-0.4, -0.2) is 58.6 Å². The van der Waals surface area contributed by atoms with Crippen molar-refractivity contribution in [3.63, 3.8) is 0 Å². The monoisotopic (exact) mass is 558 g/mol. The molecule has 2 N–H and O–H groups in total. The molecule has 2 heterocycles. The first-order chi connectivity index (χ1) is 17.3. The lowest BCUT2D eigenvalue weighted by Crippen LogP contribution is -2.43. The van der Waals surface area contributed by atoms with E-state index in [1.54, 1.807) is 17.0 Å². The van der Waals surface area contributed by atoms with E-state index in [2.05, 4.69) is 19.8 Å². The van der Waals surface area contributed by atoms with E-state index in [1.807, 2.05) is 0 Å². The molecule has 4 rings (SSSR count). The second kappa shape index (κ2) is 11.6. The van der Waals surface area contributed by atoms with Crippen molar-refractivity contribution in [2.75, 3.05) is 32.1 Å². The predicted octanol–water partition coefficient (Wildman–Crippen LogP) is 4.60. The van der Waals surface area contributed by atoms with Crippen LogP contribution in [0.3, 0.4) is 0 Å². The van der Waals surface area contributed by atoms with Crippen LogP contribution < -0.4 is 14.8 Å². The number of piperidine rings is 1. The first-order valence-electron chi connectivity index (χ1n) is 10.8. The Morgan fingerprint density at radius 3 is 2.69 bits per heavy atom. The predicted molar refractivity (Wildman–Crippen MR) is 133 cm³/mol. The Hall–Kier alpha value is -2.69. The van der Waals surface area contributed by atoms with E-state index in [4.69, 9.17) is 37.6 Å². The fraction of sp³-hybridized carbons (Fsp3) is 0.318. The zero-order valence-corrected chi connectivity index (χ0v) is 21.5. The third-order valence-corrected chi connectivity index (χ3v) is 6.79. The number of anilines is 2. The molecule has 0 saturated carbocycles. The van der Waals surface area contributed by atoms with Crippen molar-refractivity contribution in [2.45, 2.75) is 18.9 Å². The molecule has 1 amide bonds. The Balaban J connectivity index is 1.53. The van der Waals surface area contributed by atoms with Gasteiger partial charge >= 0.3 is 8.25 Å². The van der Waals surface area contributed by atoms with Gasteiger partial charge in [0.1, 0.15) is 24.9 Å². The summed E-state index contributed by atoms with van der Waals surface area (Å²) in [5.41, 5.74) is 0.635. The van der Waals surface area contributed by atoms with Crippen molar-refractivity contribution < 1.29 is 32.6 Å². The number of ether oxygens (including phenoxy) is 2. The number of carbonyl (C=O) groups excluding carboxylic acids is 1. The fourth-order valence-electron chi connectivity index (χ4n) is 3.78. The van der Waals surface area contributed by atoms with Gasteiger partial charge in [0, 0.05) is 37.4 Å². The molecule has 1 aliphatic rings. The number of carbonyl (C=O) groups is 1. The van der Waals surface area contributed by atoms with E-state index in [9.17, 15) is 13.8 Å². The molecule has 2 aromatic carbocycles. The molecule has 0 spiro atoms. The maximum Gasteiger partial charge on any atom is 0.317 e. The van der Waals surface area contributed by atoms with Gasteiger partial charge in [-0.1, -0.05) is 23.2 Å². The van der Waals surface area contributed by atoms with Crippen LogP contribution in [0.5, 0.6) is 11.5 Å². The SMILES string of the molecule is COc1cc2ncnc(Nc3ccc(Cl)c(Cl)c3F)c2cc1OC1CCN(C(=O)CO[PH](=O)O)CC1. The topological polar surface area (TPSA) is 123 Å². The normalized spacial score (nSPS) is 15.1. The number of benzene rings is 2. The molecule has 0 aliphatic carbocycles. The van der Waals surface area contributed by atoms with Crippen LogP contribution in [0, 0.1) is 5.82 Å². The summed E-state index contributed by atoms with van der Waals surface area (Å²) in [4.78, 5) is 30.9. The highest BCUT2D eigenvalue weighted by atomic mass is 35.5. The minimum atomic E-state index is -3.16. The number of likely N-dealkylation sites (tertiary alicyclic amines) is 1. The highest BCUT2D eigenvalue weighted by Crippen LogP contribution is 2.37. The Labute approximate surface area is 216 Å². The first-order valence-corrected chi connectivity index (χ1v) is 12.8. The summed E-state index contributed by atoms with van der Waals surface area (Å²) in [7, 11) is -1.65. The number of hydrogen-bond acceptors (Lipinski definition) is 8. The van der Waals surface area contributed by atoms with Gasteiger partial charge in [0.2, 0.25) is 5.91 Å². The molecule has 1 unspecified atom stereocenters. The van der Waals surface area contributed by atoms with E-state index >= 15 is 0 Å². The number of rotatable bonds is 8. The smallest absolute Gasteiger partial charge is 0.317 e. The van der Waals surface area contributed by atoms with E-state index in [0.29, 0.717) is 54.2 Å². The number of fused-ring (bicyclic) bond motifs is 1. The minimum Gasteiger partial charge on any atom is -0.493 e. The van der Waals surface area contributed by atoms with E-state index in [-0.39, 0.29) is 27.7 Å². The molecule has 0 bridgehead atoms. The summed E-state index contributed by atoms with van der Waals surface area (Å²) in [5, 5.41) is 3.38. The van der Waals surface area contributed by atoms with Gasteiger partial charge in [-0.3, -0.25) is 9.36 Å². The molecule has 192 valence electrons. The molecular formula is C22H22Cl2FN4O6P. The number of nitrogens with zero attached hydrogens (tertiary/aromatic N) is 3. The zero-order chi connectivity index (χ0) is 25.8. The highest BCUT2D eigenvalue weighted by molar-refractivity contribution is 7.32. The highest BCUT2D eigenvalue weighted by Gasteiger charge is 2.25. The molecule has 1 saturated heterocycles. The fourth-order valence-corrected chi connectivity index (χ4v) is 4.34. The maximum atomic E-state index is 14.6. The second-order valence-corrected chi connectivity index (χ2v) is 9.45. The van der Waals surface area contributed by atoms with Crippen LogP contribution in [0.1, 0.15) is 12.8 Å². The third-order valence-electron chi connectivity index (χ3n) is 5.62. The van der Waals surface area contributed by atoms with Crippen molar-refractivity contribution >= 4 is 59.8 Å². The van der Waals surface area contributed by atoms with Crippen LogP contribution in [0.2, 0.25) is 10.0 Å². The van der Waals surface area contributed by atoms with Gasteiger partial charge < -0.3 is 29.1 Å². The van der Waals surface area contributed by atoms with Gasteiger partial charge in [-0.25, -0.2) is 14.4 Å². The van der Waals surface area contributed by atoms with Gasteiger partial charge in [-0.2, -0.15) is 0 Å². The number of methoxy groups -OCH3 is 1. The Morgan fingerprint density at radius 1 is 1.25 bits per heavy atom. The molecule has 1 aromatic heterocycles. The van der Waals surface area contributed by atoms with E-state index in [1.165, 1.54) is 25.6 Å². The van der Waals surface area contributed by atoms with Crippen LogP contribution in [0.4, 0.5) is 15.9 Å².